The van der Waals surface area contributed by atoms with Crippen LogP contribution in [0.2, 0.25) is 0 Å². The van der Waals surface area contributed by atoms with Crippen molar-refractivity contribution < 1.29 is 9.72 Å². The highest BCUT2D eigenvalue weighted by atomic mass is 32.1. The molecular formula is C23H21N5O3S. The molecule has 32 heavy (non-hydrogen) atoms. The molecule has 1 amide bonds. The molecule has 0 spiro atoms. The normalized spacial score (nSPS) is 13.0. The summed E-state index contributed by atoms with van der Waals surface area (Å²) in [7, 11) is 0. The van der Waals surface area contributed by atoms with Crippen molar-refractivity contribution in [3.05, 3.63) is 79.0 Å². The minimum Gasteiger partial charge on any atom is -0.308 e. The number of nitriles is 1. The largest absolute Gasteiger partial charge is 0.308 e. The van der Waals surface area contributed by atoms with Crippen LogP contribution in [0.1, 0.15) is 56.2 Å². The number of carbonyl (C=O) groups excluding carboxylic acids is 1. The number of amides is 1. The van der Waals surface area contributed by atoms with E-state index in [0.29, 0.717) is 0 Å². The zero-order valence-electron chi connectivity index (χ0n) is 17.7. The van der Waals surface area contributed by atoms with E-state index in [1.165, 1.54) is 34.7 Å². The third kappa shape index (κ3) is 3.92. The zero-order chi connectivity index (χ0) is 22.8. The number of aromatic nitrogens is 1. The summed E-state index contributed by atoms with van der Waals surface area (Å²) in [4.78, 5) is 23.8. The van der Waals surface area contributed by atoms with Crippen molar-refractivity contribution in [1.82, 2.24) is 9.99 Å². The summed E-state index contributed by atoms with van der Waals surface area (Å²) in [6.45, 7) is 3.95. The number of benzene rings is 1. The standard InChI is InChI=1S/C23H21N5O3S/c1-14-11-17(13-25-26-22(29)16-7-9-18(10-8-16)28(30)31)15(2)27(14)23-20(12-24)19-5-3-4-6-21(19)32-23/h7-11,13H,3-6H2,1-2H3,(H,26,29)/b25-13+. The Hall–Kier alpha value is -3.77. The Balaban J connectivity index is 1.56. The van der Waals surface area contributed by atoms with Crippen molar-refractivity contribution in [3.8, 4) is 11.1 Å². The Labute approximate surface area is 189 Å². The SMILES string of the molecule is Cc1cc(/C=N/NC(=O)c2ccc([N+](=O)[O-])cc2)c(C)n1-c1sc2c(c1C#N)CCCC2. The van der Waals surface area contributed by atoms with Crippen molar-refractivity contribution in [2.24, 2.45) is 5.10 Å². The van der Waals surface area contributed by atoms with E-state index < -0.39 is 10.8 Å². The molecule has 0 bridgehead atoms. The average molecular weight is 448 g/mol. The fourth-order valence-electron chi connectivity index (χ4n) is 4.01. The quantitative estimate of drug-likeness (QED) is 0.350. The van der Waals surface area contributed by atoms with Crippen LogP contribution in [-0.2, 0) is 12.8 Å². The second kappa shape index (κ2) is 8.77. The molecule has 3 aromatic rings. The van der Waals surface area contributed by atoms with Gasteiger partial charge in [-0.15, -0.1) is 11.3 Å². The van der Waals surface area contributed by atoms with Crippen molar-refractivity contribution in [1.29, 1.82) is 5.26 Å². The second-order valence-electron chi connectivity index (χ2n) is 7.67. The van der Waals surface area contributed by atoms with Gasteiger partial charge in [0.15, 0.2) is 0 Å². The number of nitro benzene ring substituents is 1. The van der Waals surface area contributed by atoms with Gasteiger partial charge in [-0.25, -0.2) is 5.43 Å². The van der Waals surface area contributed by atoms with Gasteiger partial charge >= 0.3 is 0 Å². The van der Waals surface area contributed by atoms with Crippen molar-refractivity contribution in [2.75, 3.05) is 0 Å². The molecule has 8 nitrogen and oxygen atoms in total. The maximum absolute atomic E-state index is 12.3. The fraction of sp³-hybridized carbons (Fsp3) is 0.261. The fourth-order valence-corrected chi connectivity index (χ4v) is 5.46. The average Bonchev–Trinajstić information content (AvgIpc) is 3.29. The predicted molar refractivity (Wildman–Crippen MR) is 123 cm³/mol. The Morgan fingerprint density at radius 3 is 2.69 bits per heavy atom. The van der Waals surface area contributed by atoms with Crippen LogP contribution in [-0.4, -0.2) is 21.6 Å². The maximum atomic E-state index is 12.3. The Morgan fingerprint density at radius 2 is 2.00 bits per heavy atom. The number of carbonyl (C=O) groups is 1. The van der Waals surface area contributed by atoms with Crippen LogP contribution in [0.4, 0.5) is 5.69 Å². The Kier molecular flexibility index (Phi) is 5.88. The van der Waals surface area contributed by atoms with Gasteiger partial charge in [0.05, 0.1) is 16.7 Å². The van der Waals surface area contributed by atoms with Crippen LogP contribution in [0, 0.1) is 35.3 Å². The first-order valence-electron chi connectivity index (χ1n) is 10.2. The van der Waals surface area contributed by atoms with Crippen molar-refractivity contribution in [2.45, 2.75) is 39.5 Å². The number of nitro groups is 1. The molecule has 4 rings (SSSR count). The van der Waals surface area contributed by atoms with Crippen molar-refractivity contribution >= 4 is 29.1 Å². The van der Waals surface area contributed by atoms with Crippen LogP contribution >= 0.6 is 11.3 Å². The van der Waals surface area contributed by atoms with E-state index in [9.17, 15) is 20.2 Å². The van der Waals surface area contributed by atoms with E-state index in [1.54, 1.807) is 17.6 Å². The lowest BCUT2D eigenvalue weighted by Crippen LogP contribution is -2.17. The molecule has 0 saturated carbocycles. The summed E-state index contributed by atoms with van der Waals surface area (Å²) < 4.78 is 2.08. The van der Waals surface area contributed by atoms with E-state index >= 15 is 0 Å². The first kappa shape index (κ1) is 21.5. The minimum absolute atomic E-state index is 0.0792. The molecule has 0 fully saturated rings. The van der Waals surface area contributed by atoms with Gasteiger partial charge in [0.2, 0.25) is 0 Å². The number of thiophene rings is 1. The second-order valence-corrected chi connectivity index (χ2v) is 8.75. The highest BCUT2D eigenvalue weighted by Gasteiger charge is 2.23. The van der Waals surface area contributed by atoms with Gasteiger partial charge in [-0.05, 0) is 63.3 Å². The van der Waals surface area contributed by atoms with Crippen molar-refractivity contribution in [3.63, 3.8) is 0 Å². The molecule has 9 heteroatoms. The number of fused-ring (bicyclic) bond motifs is 1. The zero-order valence-corrected chi connectivity index (χ0v) is 18.5. The van der Waals surface area contributed by atoms with Gasteiger partial charge < -0.3 is 4.57 Å². The molecule has 0 saturated heterocycles. The molecule has 1 aromatic carbocycles. The highest BCUT2D eigenvalue weighted by Crippen LogP contribution is 2.38. The van der Waals surface area contributed by atoms with Gasteiger partial charge in [-0.3, -0.25) is 14.9 Å². The number of nitrogens with zero attached hydrogens (tertiary/aromatic N) is 4. The summed E-state index contributed by atoms with van der Waals surface area (Å²) in [5, 5.41) is 25.5. The number of nitrogens with one attached hydrogen (secondary N) is 1. The summed E-state index contributed by atoms with van der Waals surface area (Å²) in [6, 6.07) is 9.71. The molecule has 1 aliphatic rings. The topological polar surface area (TPSA) is 113 Å². The number of non-ortho nitro benzene ring substituents is 1. The number of rotatable bonds is 5. The smallest absolute Gasteiger partial charge is 0.271 e. The number of aryl methyl sites for hydroxylation is 2. The molecule has 2 aromatic heterocycles. The van der Waals surface area contributed by atoms with Crippen LogP contribution in [0.15, 0.2) is 35.4 Å². The molecule has 2 heterocycles. The first-order chi connectivity index (χ1) is 15.4. The van der Waals surface area contributed by atoms with Gasteiger partial charge in [0.25, 0.3) is 11.6 Å². The lowest BCUT2D eigenvalue weighted by molar-refractivity contribution is -0.384. The third-order valence-corrected chi connectivity index (χ3v) is 6.92. The molecule has 0 aliphatic heterocycles. The van der Waals surface area contributed by atoms with Gasteiger partial charge in [0, 0.05) is 39.5 Å². The van der Waals surface area contributed by atoms with E-state index in [-0.39, 0.29) is 11.3 Å². The van der Waals surface area contributed by atoms with Crippen LogP contribution in [0.3, 0.4) is 0 Å². The lowest BCUT2D eigenvalue weighted by atomic mass is 9.96. The van der Waals surface area contributed by atoms with E-state index in [4.69, 9.17) is 0 Å². The van der Waals surface area contributed by atoms with Gasteiger partial charge in [0.1, 0.15) is 11.1 Å². The molecule has 162 valence electrons. The van der Waals surface area contributed by atoms with Gasteiger partial charge in [-0.2, -0.15) is 10.4 Å². The Morgan fingerprint density at radius 1 is 1.28 bits per heavy atom. The van der Waals surface area contributed by atoms with Crippen LogP contribution in [0.25, 0.3) is 5.00 Å². The highest BCUT2D eigenvalue weighted by molar-refractivity contribution is 7.15. The lowest BCUT2D eigenvalue weighted by Gasteiger charge is -2.10. The summed E-state index contributed by atoms with van der Waals surface area (Å²) in [6.07, 6.45) is 5.83. The summed E-state index contributed by atoms with van der Waals surface area (Å²) >= 11 is 1.69. The predicted octanol–water partition coefficient (Wildman–Crippen LogP) is 4.58. The Bertz CT molecular complexity index is 1280. The molecule has 1 N–H and O–H groups in total. The number of hydrazone groups is 1. The maximum Gasteiger partial charge on any atom is 0.271 e. The third-order valence-electron chi connectivity index (χ3n) is 5.65. The molecule has 1 aliphatic carbocycles. The first-order valence-corrected chi connectivity index (χ1v) is 11.0. The molecule has 0 unspecified atom stereocenters. The van der Waals surface area contributed by atoms with Crippen LogP contribution < -0.4 is 5.43 Å². The molecular weight excluding hydrogens is 426 g/mol. The molecule has 0 atom stereocenters. The van der Waals surface area contributed by atoms with E-state index in [0.717, 1.165) is 53.2 Å². The van der Waals surface area contributed by atoms with Gasteiger partial charge in [-0.1, -0.05) is 0 Å². The minimum atomic E-state index is -0.517. The van der Waals surface area contributed by atoms with E-state index in [1.807, 2.05) is 19.9 Å². The summed E-state index contributed by atoms with van der Waals surface area (Å²) in [5.74, 6) is -0.456. The monoisotopic (exact) mass is 447 g/mol. The number of hydrogen-bond acceptors (Lipinski definition) is 6. The van der Waals surface area contributed by atoms with E-state index in [2.05, 4.69) is 21.2 Å². The van der Waals surface area contributed by atoms with Crippen LogP contribution in [0.5, 0.6) is 0 Å². The number of hydrogen-bond donors (Lipinski definition) is 1. The summed E-state index contributed by atoms with van der Waals surface area (Å²) in [5.41, 5.74) is 7.37. The molecule has 0 radical (unpaired) electrons.